The van der Waals surface area contributed by atoms with E-state index in [1.165, 1.54) is 0 Å². The minimum Gasteiger partial charge on any atom is -0.463 e. The van der Waals surface area contributed by atoms with E-state index in [1.807, 2.05) is 34.6 Å². The molecule has 0 heterocycles. The van der Waals surface area contributed by atoms with Gasteiger partial charge in [0, 0.05) is 12.8 Å². The molecule has 0 amide bonds. The van der Waals surface area contributed by atoms with Gasteiger partial charge in [-0.3, -0.25) is 9.59 Å². The average molecular weight is 302 g/mol. The minimum atomic E-state index is -0.309. The molecular weight excluding hydrogens is 272 g/mol. The van der Waals surface area contributed by atoms with E-state index >= 15 is 0 Å². The van der Waals surface area contributed by atoms with Gasteiger partial charge in [-0.1, -0.05) is 6.92 Å². The van der Waals surface area contributed by atoms with Crippen LogP contribution in [0.15, 0.2) is 0 Å². The maximum absolute atomic E-state index is 11.6. The molecule has 0 aliphatic rings. The fraction of sp³-hybridized carbons (Fsp3) is 0.875. The Morgan fingerprint density at radius 3 is 1.86 bits per heavy atom. The van der Waals surface area contributed by atoms with Crippen LogP contribution in [0.25, 0.3) is 0 Å². The molecule has 0 bridgehead atoms. The smallest absolute Gasteiger partial charge is 0.306 e. The van der Waals surface area contributed by atoms with E-state index < -0.39 is 0 Å². The van der Waals surface area contributed by atoms with Crippen LogP contribution < -0.4 is 0 Å². The standard InChI is InChI=1S/C16H30O5/c1-7-12(2)20-14(17)9-8-10-15(18)21-13(3)11-19-16(4,5)6/h12-13H,7-11H2,1-6H3. The van der Waals surface area contributed by atoms with Crippen molar-refractivity contribution in [1.82, 2.24) is 0 Å². The molecule has 0 saturated carbocycles. The summed E-state index contributed by atoms with van der Waals surface area (Å²) in [4.78, 5) is 23.0. The summed E-state index contributed by atoms with van der Waals surface area (Å²) >= 11 is 0. The van der Waals surface area contributed by atoms with Crippen LogP contribution in [0.4, 0.5) is 0 Å². The molecule has 0 aromatic heterocycles. The molecule has 124 valence electrons. The zero-order chi connectivity index (χ0) is 16.5. The van der Waals surface area contributed by atoms with E-state index in [9.17, 15) is 9.59 Å². The van der Waals surface area contributed by atoms with Crippen LogP contribution in [0.5, 0.6) is 0 Å². The Kier molecular flexibility index (Phi) is 9.26. The van der Waals surface area contributed by atoms with Crippen LogP contribution in [0.1, 0.15) is 67.2 Å². The van der Waals surface area contributed by atoms with Gasteiger partial charge < -0.3 is 14.2 Å². The second-order valence-electron chi connectivity index (χ2n) is 6.29. The van der Waals surface area contributed by atoms with Gasteiger partial charge >= 0.3 is 11.9 Å². The monoisotopic (exact) mass is 302 g/mol. The van der Waals surface area contributed by atoms with Gasteiger partial charge in [-0.05, 0) is 47.5 Å². The Bertz CT molecular complexity index is 319. The van der Waals surface area contributed by atoms with Gasteiger partial charge in [-0.15, -0.1) is 0 Å². The van der Waals surface area contributed by atoms with E-state index in [-0.39, 0.29) is 42.6 Å². The first-order valence-corrected chi connectivity index (χ1v) is 7.67. The van der Waals surface area contributed by atoms with Crippen LogP contribution in [0.3, 0.4) is 0 Å². The zero-order valence-corrected chi connectivity index (χ0v) is 14.2. The second kappa shape index (κ2) is 9.77. The van der Waals surface area contributed by atoms with Gasteiger partial charge in [0.05, 0.1) is 18.3 Å². The van der Waals surface area contributed by atoms with Crippen molar-refractivity contribution in [2.45, 2.75) is 85.0 Å². The predicted octanol–water partition coefficient (Wildman–Crippen LogP) is 3.25. The molecule has 0 N–H and O–H groups in total. The highest BCUT2D eigenvalue weighted by molar-refractivity contribution is 5.72. The molecule has 2 unspecified atom stereocenters. The van der Waals surface area contributed by atoms with Gasteiger partial charge in [0.2, 0.25) is 0 Å². The van der Waals surface area contributed by atoms with Crippen LogP contribution in [-0.2, 0) is 23.8 Å². The lowest BCUT2D eigenvalue weighted by atomic mass is 10.2. The summed E-state index contributed by atoms with van der Waals surface area (Å²) in [5, 5.41) is 0. The van der Waals surface area contributed by atoms with Gasteiger partial charge in [0.25, 0.3) is 0 Å². The first kappa shape index (κ1) is 19.9. The summed E-state index contributed by atoms with van der Waals surface area (Å²) in [6.07, 6.45) is 1.34. The lowest BCUT2D eigenvalue weighted by molar-refractivity contribution is -0.154. The molecule has 21 heavy (non-hydrogen) atoms. The predicted molar refractivity (Wildman–Crippen MR) is 81.0 cm³/mol. The average Bonchev–Trinajstić information content (AvgIpc) is 2.35. The number of rotatable bonds is 9. The van der Waals surface area contributed by atoms with Gasteiger partial charge in [-0.25, -0.2) is 0 Å². The lowest BCUT2D eigenvalue weighted by Gasteiger charge is -2.22. The topological polar surface area (TPSA) is 61.8 Å². The summed E-state index contributed by atoms with van der Waals surface area (Å²) in [6.45, 7) is 11.8. The molecule has 2 atom stereocenters. The van der Waals surface area contributed by atoms with E-state index in [4.69, 9.17) is 14.2 Å². The third-order valence-electron chi connectivity index (χ3n) is 2.75. The van der Waals surface area contributed by atoms with Crippen molar-refractivity contribution in [2.75, 3.05) is 6.61 Å². The Labute approximate surface area is 128 Å². The summed E-state index contributed by atoms with van der Waals surface area (Å²) < 4.78 is 15.9. The lowest BCUT2D eigenvalue weighted by Crippen LogP contribution is -2.27. The maximum atomic E-state index is 11.6. The fourth-order valence-corrected chi connectivity index (χ4v) is 1.43. The SMILES string of the molecule is CCC(C)OC(=O)CCCC(=O)OC(C)COC(C)(C)C. The van der Waals surface area contributed by atoms with Crippen LogP contribution in [-0.4, -0.2) is 36.4 Å². The third-order valence-corrected chi connectivity index (χ3v) is 2.75. The molecule has 0 aliphatic heterocycles. The second-order valence-corrected chi connectivity index (χ2v) is 6.29. The summed E-state index contributed by atoms with van der Waals surface area (Å²) in [6, 6.07) is 0. The maximum Gasteiger partial charge on any atom is 0.306 e. The van der Waals surface area contributed by atoms with Crippen molar-refractivity contribution in [3.8, 4) is 0 Å². The van der Waals surface area contributed by atoms with Crippen molar-refractivity contribution in [3.63, 3.8) is 0 Å². The van der Waals surface area contributed by atoms with Crippen molar-refractivity contribution >= 4 is 11.9 Å². The molecule has 0 spiro atoms. The Morgan fingerprint density at radius 1 is 0.952 bits per heavy atom. The Balaban J connectivity index is 3.78. The molecule has 0 aromatic rings. The first-order chi connectivity index (χ1) is 9.64. The summed E-state index contributed by atoms with van der Waals surface area (Å²) in [7, 11) is 0. The molecule has 5 heteroatoms. The van der Waals surface area contributed by atoms with Crippen LogP contribution >= 0.6 is 0 Å². The summed E-state index contributed by atoms with van der Waals surface area (Å²) in [5.41, 5.74) is -0.250. The molecule has 0 fully saturated rings. The van der Waals surface area contributed by atoms with E-state index in [0.717, 1.165) is 6.42 Å². The third kappa shape index (κ3) is 12.4. The molecule has 0 aromatic carbocycles. The Hall–Kier alpha value is -1.10. The molecule has 0 saturated heterocycles. The normalized spacial score (nSPS) is 14.4. The first-order valence-electron chi connectivity index (χ1n) is 7.67. The summed E-state index contributed by atoms with van der Waals surface area (Å²) in [5.74, 6) is -0.572. The van der Waals surface area contributed by atoms with Gasteiger partial charge in [0.1, 0.15) is 6.10 Å². The van der Waals surface area contributed by atoms with Gasteiger partial charge in [-0.2, -0.15) is 0 Å². The number of esters is 2. The van der Waals surface area contributed by atoms with Crippen molar-refractivity contribution in [1.29, 1.82) is 0 Å². The molecule has 0 rings (SSSR count). The van der Waals surface area contributed by atoms with Crippen LogP contribution in [0.2, 0.25) is 0 Å². The highest BCUT2D eigenvalue weighted by Gasteiger charge is 2.16. The zero-order valence-electron chi connectivity index (χ0n) is 14.2. The van der Waals surface area contributed by atoms with Crippen molar-refractivity contribution in [2.24, 2.45) is 0 Å². The molecular formula is C16H30O5. The number of carbonyl (C=O) groups excluding carboxylic acids is 2. The van der Waals surface area contributed by atoms with Gasteiger partial charge in [0.15, 0.2) is 0 Å². The van der Waals surface area contributed by atoms with Crippen molar-refractivity contribution in [3.05, 3.63) is 0 Å². The van der Waals surface area contributed by atoms with Crippen molar-refractivity contribution < 1.29 is 23.8 Å². The van der Waals surface area contributed by atoms with Crippen LogP contribution in [0, 0.1) is 0 Å². The number of hydrogen-bond donors (Lipinski definition) is 0. The number of carbonyl (C=O) groups is 2. The number of hydrogen-bond acceptors (Lipinski definition) is 5. The molecule has 0 radical (unpaired) electrons. The largest absolute Gasteiger partial charge is 0.463 e. The fourth-order valence-electron chi connectivity index (χ4n) is 1.43. The molecule has 5 nitrogen and oxygen atoms in total. The molecule has 0 aliphatic carbocycles. The van der Waals surface area contributed by atoms with E-state index in [2.05, 4.69) is 0 Å². The quantitative estimate of drug-likeness (QED) is 0.612. The number of ether oxygens (including phenoxy) is 3. The van der Waals surface area contributed by atoms with E-state index in [1.54, 1.807) is 6.92 Å². The van der Waals surface area contributed by atoms with E-state index in [0.29, 0.717) is 13.0 Å². The highest BCUT2D eigenvalue weighted by atomic mass is 16.6. The Morgan fingerprint density at radius 2 is 1.43 bits per heavy atom. The highest BCUT2D eigenvalue weighted by Crippen LogP contribution is 2.09. The minimum absolute atomic E-state index is 0.0704.